The average molecular weight is 256 g/mol. The minimum atomic E-state index is -0.319. The first-order valence-corrected chi connectivity index (χ1v) is 5.78. The van der Waals surface area contributed by atoms with Gasteiger partial charge in [0.25, 0.3) is 0 Å². The molecule has 2 aromatic carbocycles. The molecule has 3 aromatic rings. The fourth-order valence-corrected chi connectivity index (χ4v) is 2.17. The Bertz CT molecular complexity index is 802. The SMILES string of the molecule is COc1ccccc1-n1c(=O)[nH]c2c(O)cccc21. The maximum Gasteiger partial charge on any atom is 0.331 e. The van der Waals surface area contributed by atoms with Gasteiger partial charge in [0, 0.05) is 0 Å². The zero-order valence-electron chi connectivity index (χ0n) is 10.3. The van der Waals surface area contributed by atoms with E-state index < -0.39 is 0 Å². The lowest BCUT2D eigenvalue weighted by molar-refractivity contribution is 0.413. The van der Waals surface area contributed by atoms with Gasteiger partial charge in [-0.15, -0.1) is 0 Å². The molecule has 0 aliphatic heterocycles. The van der Waals surface area contributed by atoms with Crippen LogP contribution in [0.15, 0.2) is 47.3 Å². The number of aromatic hydroxyl groups is 1. The molecule has 2 N–H and O–H groups in total. The number of imidazole rings is 1. The molecule has 0 fully saturated rings. The summed E-state index contributed by atoms with van der Waals surface area (Å²) < 4.78 is 6.75. The number of hydrogen-bond donors (Lipinski definition) is 2. The second-order valence-corrected chi connectivity index (χ2v) is 4.11. The number of phenols is 1. The molecule has 0 bridgehead atoms. The highest BCUT2D eigenvalue weighted by Gasteiger charge is 2.13. The molecule has 0 amide bonds. The predicted octanol–water partition coefficient (Wildman–Crippen LogP) is 2.03. The number of phenolic OH excluding ortho intramolecular Hbond substituents is 1. The quantitative estimate of drug-likeness (QED) is 0.737. The van der Waals surface area contributed by atoms with Crippen molar-refractivity contribution in [3.63, 3.8) is 0 Å². The van der Waals surface area contributed by atoms with Crippen LogP contribution in [0.5, 0.6) is 11.5 Å². The maximum atomic E-state index is 12.1. The fraction of sp³-hybridized carbons (Fsp3) is 0.0714. The Morgan fingerprint density at radius 2 is 1.95 bits per heavy atom. The summed E-state index contributed by atoms with van der Waals surface area (Å²) in [5.74, 6) is 0.636. The number of aromatic nitrogens is 2. The summed E-state index contributed by atoms with van der Waals surface area (Å²) in [5.41, 5.74) is 1.33. The van der Waals surface area contributed by atoms with E-state index in [1.165, 1.54) is 10.6 Å². The van der Waals surface area contributed by atoms with E-state index in [1.54, 1.807) is 31.4 Å². The summed E-state index contributed by atoms with van der Waals surface area (Å²) in [6.07, 6.45) is 0. The monoisotopic (exact) mass is 256 g/mol. The summed E-state index contributed by atoms with van der Waals surface area (Å²) in [5, 5.41) is 9.77. The molecular formula is C14H12N2O3. The fourth-order valence-electron chi connectivity index (χ4n) is 2.17. The zero-order chi connectivity index (χ0) is 13.4. The lowest BCUT2D eigenvalue weighted by Gasteiger charge is -2.08. The van der Waals surface area contributed by atoms with Gasteiger partial charge in [0.1, 0.15) is 17.0 Å². The van der Waals surface area contributed by atoms with Crippen LogP contribution in [-0.4, -0.2) is 21.8 Å². The van der Waals surface area contributed by atoms with Crippen LogP contribution in [0.25, 0.3) is 16.7 Å². The molecular weight excluding hydrogens is 244 g/mol. The molecule has 0 radical (unpaired) electrons. The van der Waals surface area contributed by atoms with Crippen molar-refractivity contribution < 1.29 is 9.84 Å². The van der Waals surface area contributed by atoms with Crippen LogP contribution in [0.3, 0.4) is 0 Å². The summed E-state index contributed by atoms with van der Waals surface area (Å²) in [4.78, 5) is 14.7. The first-order chi connectivity index (χ1) is 9.22. The largest absolute Gasteiger partial charge is 0.506 e. The number of para-hydroxylation sites is 3. The second-order valence-electron chi connectivity index (χ2n) is 4.11. The number of fused-ring (bicyclic) bond motifs is 1. The van der Waals surface area contributed by atoms with Crippen molar-refractivity contribution in [3.05, 3.63) is 52.9 Å². The van der Waals surface area contributed by atoms with E-state index in [-0.39, 0.29) is 11.4 Å². The lowest BCUT2D eigenvalue weighted by Crippen LogP contribution is -2.15. The van der Waals surface area contributed by atoms with Gasteiger partial charge in [-0.1, -0.05) is 18.2 Å². The average Bonchev–Trinajstić information content (AvgIpc) is 2.76. The van der Waals surface area contributed by atoms with Gasteiger partial charge in [-0.3, -0.25) is 4.57 Å². The van der Waals surface area contributed by atoms with Crippen molar-refractivity contribution in [2.24, 2.45) is 0 Å². The van der Waals surface area contributed by atoms with Gasteiger partial charge in [-0.25, -0.2) is 4.79 Å². The van der Waals surface area contributed by atoms with Crippen molar-refractivity contribution in [1.29, 1.82) is 0 Å². The molecule has 5 heteroatoms. The minimum absolute atomic E-state index is 0.0447. The van der Waals surface area contributed by atoms with Crippen molar-refractivity contribution in [1.82, 2.24) is 9.55 Å². The molecule has 96 valence electrons. The Morgan fingerprint density at radius 1 is 1.16 bits per heavy atom. The smallest absolute Gasteiger partial charge is 0.331 e. The summed E-state index contributed by atoms with van der Waals surface area (Å²) in [6.45, 7) is 0. The van der Waals surface area contributed by atoms with E-state index in [1.807, 2.05) is 12.1 Å². The summed E-state index contributed by atoms with van der Waals surface area (Å²) >= 11 is 0. The molecule has 0 aliphatic rings. The highest BCUT2D eigenvalue weighted by Crippen LogP contribution is 2.27. The van der Waals surface area contributed by atoms with E-state index in [9.17, 15) is 9.90 Å². The molecule has 0 spiro atoms. The summed E-state index contributed by atoms with van der Waals surface area (Å²) in [7, 11) is 1.55. The standard InChI is InChI=1S/C14H12N2O3/c1-19-12-8-3-2-5-9(12)16-10-6-4-7-11(17)13(10)15-14(16)18/h2-8,17H,1H3,(H,15,18). The summed E-state index contributed by atoms with van der Waals surface area (Å²) in [6, 6.07) is 12.2. The van der Waals surface area contributed by atoms with Gasteiger partial charge in [-0.2, -0.15) is 0 Å². The Morgan fingerprint density at radius 3 is 2.74 bits per heavy atom. The van der Waals surface area contributed by atoms with Crippen LogP contribution in [-0.2, 0) is 0 Å². The third kappa shape index (κ3) is 1.67. The van der Waals surface area contributed by atoms with E-state index in [0.717, 1.165) is 0 Å². The number of hydrogen-bond acceptors (Lipinski definition) is 3. The number of nitrogens with zero attached hydrogens (tertiary/aromatic N) is 1. The molecule has 3 rings (SSSR count). The molecule has 1 aromatic heterocycles. The number of benzene rings is 2. The van der Waals surface area contributed by atoms with Crippen LogP contribution >= 0.6 is 0 Å². The van der Waals surface area contributed by atoms with Crippen molar-refractivity contribution in [2.75, 3.05) is 7.11 Å². The van der Waals surface area contributed by atoms with Gasteiger partial charge >= 0.3 is 5.69 Å². The Labute approximate surface area is 108 Å². The van der Waals surface area contributed by atoms with Crippen molar-refractivity contribution in [2.45, 2.75) is 0 Å². The third-order valence-electron chi connectivity index (χ3n) is 3.02. The second kappa shape index (κ2) is 4.20. The molecule has 0 atom stereocenters. The lowest BCUT2D eigenvalue weighted by atomic mass is 10.2. The Hall–Kier alpha value is -2.69. The molecule has 0 saturated heterocycles. The topological polar surface area (TPSA) is 67.2 Å². The molecule has 0 unspecified atom stereocenters. The normalized spacial score (nSPS) is 10.8. The van der Waals surface area contributed by atoms with Crippen LogP contribution < -0.4 is 10.4 Å². The van der Waals surface area contributed by atoms with E-state index >= 15 is 0 Å². The molecule has 5 nitrogen and oxygen atoms in total. The van der Waals surface area contributed by atoms with Gasteiger partial charge in [0.05, 0.1) is 18.3 Å². The maximum absolute atomic E-state index is 12.1. The number of rotatable bonds is 2. The highest BCUT2D eigenvalue weighted by molar-refractivity contribution is 5.83. The number of nitrogens with one attached hydrogen (secondary N) is 1. The third-order valence-corrected chi connectivity index (χ3v) is 3.02. The molecule has 19 heavy (non-hydrogen) atoms. The van der Waals surface area contributed by atoms with E-state index in [4.69, 9.17) is 4.74 Å². The zero-order valence-corrected chi connectivity index (χ0v) is 10.3. The predicted molar refractivity (Wildman–Crippen MR) is 72.1 cm³/mol. The van der Waals surface area contributed by atoms with Gasteiger partial charge < -0.3 is 14.8 Å². The van der Waals surface area contributed by atoms with E-state index in [0.29, 0.717) is 22.5 Å². The van der Waals surface area contributed by atoms with E-state index in [2.05, 4.69) is 4.98 Å². The van der Waals surface area contributed by atoms with Gasteiger partial charge in [-0.05, 0) is 24.3 Å². The Balaban J connectivity index is 2.40. The van der Waals surface area contributed by atoms with Gasteiger partial charge in [0.2, 0.25) is 0 Å². The first kappa shape index (κ1) is 11.4. The van der Waals surface area contributed by atoms with Crippen LogP contribution in [0.1, 0.15) is 0 Å². The highest BCUT2D eigenvalue weighted by atomic mass is 16.5. The van der Waals surface area contributed by atoms with Crippen LogP contribution in [0.4, 0.5) is 0 Å². The molecule has 0 aliphatic carbocycles. The number of H-pyrrole nitrogens is 1. The first-order valence-electron chi connectivity index (χ1n) is 5.78. The van der Waals surface area contributed by atoms with Crippen molar-refractivity contribution >= 4 is 11.0 Å². The van der Waals surface area contributed by atoms with Crippen LogP contribution in [0, 0.1) is 0 Å². The molecule has 1 heterocycles. The van der Waals surface area contributed by atoms with Gasteiger partial charge in [0.15, 0.2) is 0 Å². The van der Waals surface area contributed by atoms with Crippen LogP contribution in [0.2, 0.25) is 0 Å². The minimum Gasteiger partial charge on any atom is -0.506 e. The van der Waals surface area contributed by atoms with Crippen molar-refractivity contribution in [3.8, 4) is 17.2 Å². The molecule has 0 saturated carbocycles. The number of methoxy groups -OCH3 is 1. The number of ether oxygens (including phenoxy) is 1. The Kier molecular flexibility index (Phi) is 2.52. The number of aromatic amines is 1.